The number of benzene rings is 1. The summed E-state index contributed by atoms with van der Waals surface area (Å²) in [6, 6.07) is 2.01. The third-order valence-electron chi connectivity index (χ3n) is 5.24. The Labute approximate surface area is 198 Å². The molecule has 4 rings (SSSR count). The third kappa shape index (κ3) is 3.65. The van der Waals surface area contributed by atoms with Crippen molar-refractivity contribution < 1.29 is 47.3 Å². The molecule has 0 saturated carbocycles. The average Bonchev–Trinajstić information content (AvgIpc) is 3.14. The van der Waals surface area contributed by atoms with Gasteiger partial charge in [0.05, 0.1) is 22.6 Å². The summed E-state index contributed by atoms with van der Waals surface area (Å²) in [6.45, 7) is 4.88. The van der Waals surface area contributed by atoms with Crippen molar-refractivity contribution >= 4 is 41.1 Å². The molecule has 2 aliphatic heterocycles. The van der Waals surface area contributed by atoms with Gasteiger partial charge in [0.2, 0.25) is 5.91 Å². The van der Waals surface area contributed by atoms with Gasteiger partial charge in [0.25, 0.3) is 5.91 Å². The number of carboxylic acids is 1. The molecule has 3 unspecified atom stereocenters. The van der Waals surface area contributed by atoms with Gasteiger partial charge in [-0.1, -0.05) is 22.8 Å². The van der Waals surface area contributed by atoms with Gasteiger partial charge < -0.3 is 24.6 Å². The summed E-state index contributed by atoms with van der Waals surface area (Å²) in [5, 5.41) is 17.4. The van der Waals surface area contributed by atoms with Crippen LogP contribution in [0.3, 0.4) is 0 Å². The predicted molar refractivity (Wildman–Crippen MR) is 104 cm³/mol. The van der Waals surface area contributed by atoms with Crippen LogP contribution in [0, 0.1) is 12.7 Å². The van der Waals surface area contributed by atoms with E-state index in [1.165, 1.54) is 41.8 Å². The molecule has 2 fully saturated rings. The molecule has 0 spiro atoms. The molecular formula is C19H16ClFLiN3O5S. The number of aromatic nitrogens is 1. The number of aryl methyl sites for hydroxylation is 1. The smallest absolute Gasteiger partial charge is 0.548 e. The molecule has 12 heteroatoms. The number of carbonyl (C=O) groups excluding carboxylic acids is 3. The molecule has 1 N–H and O–H groups in total. The number of aliphatic carboxylic acids is 1. The van der Waals surface area contributed by atoms with Gasteiger partial charge in [0.15, 0.2) is 0 Å². The van der Waals surface area contributed by atoms with Gasteiger partial charge in [0.1, 0.15) is 34.3 Å². The number of amides is 2. The van der Waals surface area contributed by atoms with Crippen molar-refractivity contribution in [3.8, 4) is 11.3 Å². The molecule has 2 amide bonds. The Balaban J connectivity index is 0.00000272. The number of fused-ring (bicyclic) bond motifs is 1. The number of hydrogen-bond donors (Lipinski definition) is 1. The number of carbonyl (C=O) groups is 3. The van der Waals surface area contributed by atoms with E-state index in [2.05, 4.69) is 10.5 Å². The van der Waals surface area contributed by atoms with Gasteiger partial charge >= 0.3 is 18.9 Å². The Morgan fingerprint density at radius 1 is 1.39 bits per heavy atom. The summed E-state index contributed by atoms with van der Waals surface area (Å²) < 4.78 is 18.7. The molecule has 31 heavy (non-hydrogen) atoms. The first-order valence-electron chi connectivity index (χ1n) is 8.97. The van der Waals surface area contributed by atoms with Crippen LogP contribution in [0.2, 0.25) is 5.02 Å². The second kappa shape index (κ2) is 8.17. The summed E-state index contributed by atoms with van der Waals surface area (Å²) in [5.41, 5.74) is -0.216. The van der Waals surface area contributed by atoms with E-state index in [0.717, 1.165) is 0 Å². The van der Waals surface area contributed by atoms with E-state index in [-0.39, 0.29) is 46.5 Å². The summed E-state index contributed by atoms with van der Waals surface area (Å²) in [4.78, 5) is 38.3. The maximum absolute atomic E-state index is 14.3. The number of nitrogens with zero attached hydrogens (tertiary/aromatic N) is 2. The largest absolute Gasteiger partial charge is 1.00 e. The van der Waals surface area contributed by atoms with Crippen LogP contribution in [0.1, 0.15) is 30.0 Å². The van der Waals surface area contributed by atoms with E-state index in [1.807, 2.05) is 0 Å². The molecule has 3 atom stereocenters. The van der Waals surface area contributed by atoms with E-state index >= 15 is 0 Å². The van der Waals surface area contributed by atoms with E-state index < -0.39 is 45.8 Å². The standard InChI is InChI=1S/C19H17ClFN3O5S.Li/c1-7-10(12(23-29-7)11-8(20)5-4-6-9(11)21)15(25)22-13-16(26)24-14(18(27)28)19(2,3)30-17(13)24;/h4-6,13-14,17H,1-3H3,(H,22,25)(H,27,28);/q;+1/p-1. The number of thioether (sulfide) groups is 1. The molecule has 2 aromatic rings. The second-order valence-electron chi connectivity index (χ2n) is 7.59. The fourth-order valence-corrected chi connectivity index (χ4v) is 5.75. The number of β-lactam (4-membered cyclic amide) rings is 1. The van der Waals surface area contributed by atoms with Crippen molar-refractivity contribution in [1.29, 1.82) is 0 Å². The maximum atomic E-state index is 14.3. The minimum Gasteiger partial charge on any atom is -0.548 e. The molecule has 2 aliphatic rings. The molecule has 2 saturated heterocycles. The van der Waals surface area contributed by atoms with Gasteiger partial charge in [-0.25, -0.2) is 4.39 Å². The molecule has 0 radical (unpaired) electrons. The minimum absolute atomic E-state index is 0. The van der Waals surface area contributed by atoms with Crippen molar-refractivity contribution in [3.05, 3.63) is 40.4 Å². The Morgan fingerprint density at radius 2 is 2.06 bits per heavy atom. The van der Waals surface area contributed by atoms with Gasteiger partial charge in [0, 0.05) is 4.75 Å². The Kier molecular flexibility index (Phi) is 6.24. The van der Waals surface area contributed by atoms with Crippen LogP contribution in [-0.2, 0) is 9.59 Å². The first-order chi connectivity index (χ1) is 14.0. The molecule has 0 bridgehead atoms. The van der Waals surface area contributed by atoms with Crippen LogP contribution < -0.4 is 29.3 Å². The molecule has 8 nitrogen and oxygen atoms in total. The summed E-state index contributed by atoms with van der Waals surface area (Å²) >= 11 is 7.35. The molecule has 0 aliphatic carbocycles. The zero-order valence-corrected chi connectivity index (χ0v) is 18.6. The number of carboxylic acid groups (broad SMARTS) is 1. The van der Waals surface area contributed by atoms with Gasteiger partial charge in [-0.3, -0.25) is 9.59 Å². The van der Waals surface area contributed by atoms with E-state index in [4.69, 9.17) is 16.1 Å². The minimum atomic E-state index is -1.35. The third-order valence-corrected chi connectivity index (χ3v) is 7.13. The van der Waals surface area contributed by atoms with Crippen molar-refractivity contribution in [2.75, 3.05) is 0 Å². The zero-order valence-electron chi connectivity index (χ0n) is 17.1. The first-order valence-corrected chi connectivity index (χ1v) is 10.2. The van der Waals surface area contributed by atoms with Crippen LogP contribution in [0.15, 0.2) is 22.7 Å². The van der Waals surface area contributed by atoms with Crippen LogP contribution in [0.25, 0.3) is 11.3 Å². The van der Waals surface area contributed by atoms with E-state index in [9.17, 15) is 23.9 Å². The van der Waals surface area contributed by atoms with Crippen LogP contribution in [0.4, 0.5) is 4.39 Å². The quantitative estimate of drug-likeness (QED) is 0.430. The average molecular weight is 460 g/mol. The maximum Gasteiger partial charge on any atom is 1.00 e. The zero-order chi connectivity index (χ0) is 22.0. The second-order valence-corrected chi connectivity index (χ2v) is 9.77. The number of rotatable bonds is 4. The topological polar surface area (TPSA) is 116 Å². The Bertz CT molecular complexity index is 1070. The molecule has 3 heterocycles. The van der Waals surface area contributed by atoms with Crippen LogP contribution in [-0.4, -0.2) is 50.0 Å². The Hall–Kier alpha value is -1.99. The normalized spacial score (nSPS) is 23.6. The van der Waals surface area contributed by atoms with Gasteiger partial charge in [-0.2, -0.15) is 0 Å². The van der Waals surface area contributed by atoms with Crippen LogP contribution in [0.5, 0.6) is 0 Å². The summed E-state index contributed by atoms with van der Waals surface area (Å²) in [5.74, 6) is -3.13. The monoisotopic (exact) mass is 459 g/mol. The first kappa shape index (κ1) is 23.7. The predicted octanol–water partition coefficient (Wildman–Crippen LogP) is -1.64. The van der Waals surface area contributed by atoms with Gasteiger partial charge in [-0.15, -0.1) is 11.8 Å². The fraction of sp³-hybridized carbons (Fsp3) is 0.368. The molecular weight excluding hydrogens is 444 g/mol. The van der Waals surface area contributed by atoms with Crippen molar-refractivity contribution in [3.63, 3.8) is 0 Å². The SMILES string of the molecule is Cc1onc(-c2c(F)cccc2Cl)c1C(=O)NC1C(=O)N2C1SC(C)(C)C2C(=O)[O-].[Li+]. The van der Waals surface area contributed by atoms with Crippen molar-refractivity contribution in [2.24, 2.45) is 0 Å². The fourth-order valence-electron chi connectivity index (χ4n) is 3.87. The number of hydrogen-bond acceptors (Lipinski definition) is 7. The van der Waals surface area contributed by atoms with E-state index in [0.29, 0.717) is 0 Å². The van der Waals surface area contributed by atoms with E-state index in [1.54, 1.807) is 13.8 Å². The van der Waals surface area contributed by atoms with Gasteiger partial charge in [-0.05, 0) is 32.9 Å². The van der Waals surface area contributed by atoms with Crippen LogP contribution >= 0.6 is 23.4 Å². The number of halogens is 2. The summed E-state index contributed by atoms with van der Waals surface area (Å²) in [7, 11) is 0. The number of nitrogens with one attached hydrogen (secondary N) is 1. The Morgan fingerprint density at radius 3 is 2.68 bits per heavy atom. The molecule has 1 aromatic carbocycles. The summed E-state index contributed by atoms with van der Waals surface area (Å²) in [6.07, 6.45) is 0. The van der Waals surface area contributed by atoms with Crippen molar-refractivity contribution in [1.82, 2.24) is 15.4 Å². The molecule has 1 aromatic heterocycles. The molecule has 158 valence electrons. The van der Waals surface area contributed by atoms with Crippen molar-refractivity contribution in [2.45, 2.75) is 43.0 Å².